The first-order valence-corrected chi connectivity index (χ1v) is 12.2. The Morgan fingerprint density at radius 2 is 1.56 bits per heavy atom. The molecule has 0 radical (unpaired) electrons. The molecule has 39 heavy (non-hydrogen) atoms. The number of carbonyl (C=O) groups is 3. The fraction of sp³-hybridized carbons (Fsp3) is 0.207. The number of amides is 1. The lowest BCUT2D eigenvalue weighted by atomic mass is 9.94. The molecular weight excluding hydrogens is 524 g/mol. The Morgan fingerprint density at radius 3 is 2.10 bits per heavy atom. The Hall–Kier alpha value is -4.50. The third kappa shape index (κ3) is 5.26. The molecule has 1 fully saturated rings. The number of ketones is 1. The predicted molar refractivity (Wildman–Crippen MR) is 147 cm³/mol. The Labute approximate surface area is 230 Å². The number of carbonyl (C=O) groups excluding carboxylic acids is 2. The fourth-order valence-electron chi connectivity index (χ4n) is 4.48. The predicted octanol–water partition coefficient (Wildman–Crippen LogP) is 4.74. The molecule has 10 heteroatoms. The molecule has 202 valence electrons. The first-order chi connectivity index (χ1) is 18.6. The molecule has 1 unspecified atom stereocenters. The smallest absolute Gasteiger partial charge is 0.335 e. The van der Waals surface area contributed by atoms with Crippen molar-refractivity contribution < 1.29 is 34.1 Å². The number of rotatable bonds is 8. The fourth-order valence-corrected chi connectivity index (χ4v) is 4.72. The maximum atomic E-state index is 13.4. The van der Waals surface area contributed by atoms with Crippen LogP contribution < -0.4 is 14.4 Å². The van der Waals surface area contributed by atoms with E-state index in [1.807, 2.05) is 31.1 Å². The minimum absolute atomic E-state index is 0.00184. The van der Waals surface area contributed by atoms with Crippen LogP contribution >= 0.6 is 11.6 Å². The van der Waals surface area contributed by atoms with Crippen LogP contribution in [0.1, 0.15) is 33.1 Å². The summed E-state index contributed by atoms with van der Waals surface area (Å²) in [5.41, 5.74) is 2.22. The maximum absolute atomic E-state index is 13.4. The van der Waals surface area contributed by atoms with Crippen molar-refractivity contribution in [3.63, 3.8) is 0 Å². The van der Waals surface area contributed by atoms with E-state index in [1.54, 1.807) is 24.3 Å². The van der Waals surface area contributed by atoms with Gasteiger partial charge >= 0.3 is 5.97 Å². The third-order valence-corrected chi connectivity index (χ3v) is 6.84. The van der Waals surface area contributed by atoms with Gasteiger partial charge < -0.3 is 29.5 Å². The second kappa shape index (κ2) is 11.1. The normalized spacial score (nSPS) is 16.3. The van der Waals surface area contributed by atoms with Crippen LogP contribution in [0.25, 0.3) is 5.76 Å². The largest absolute Gasteiger partial charge is 0.507 e. The first-order valence-electron chi connectivity index (χ1n) is 11.9. The van der Waals surface area contributed by atoms with Crippen molar-refractivity contribution in [2.75, 3.05) is 33.2 Å². The van der Waals surface area contributed by atoms with Crippen LogP contribution in [0.5, 0.6) is 11.5 Å². The summed E-state index contributed by atoms with van der Waals surface area (Å²) >= 11 is 6.32. The Morgan fingerprint density at radius 1 is 0.949 bits per heavy atom. The molecule has 1 saturated heterocycles. The quantitative estimate of drug-likeness (QED) is 0.235. The van der Waals surface area contributed by atoms with Gasteiger partial charge in [0.1, 0.15) is 17.3 Å². The van der Waals surface area contributed by atoms with Crippen LogP contribution in [0.15, 0.2) is 66.2 Å². The van der Waals surface area contributed by atoms with Crippen LogP contribution in [0.4, 0.5) is 5.69 Å². The molecule has 0 aliphatic carbocycles. The van der Waals surface area contributed by atoms with Gasteiger partial charge in [-0.1, -0.05) is 35.9 Å². The molecule has 3 aromatic rings. The molecule has 2 N–H and O–H groups in total. The van der Waals surface area contributed by atoms with Crippen LogP contribution in [-0.4, -0.2) is 61.1 Å². The van der Waals surface area contributed by atoms with Crippen LogP contribution in [0.2, 0.25) is 5.02 Å². The molecule has 1 aliphatic rings. The SMILES string of the molecule is COc1cc(OC)c(/C(O)=C2\C(=O)C(=O)N(Cc3ccc(C(=O)O)cc3)C2c2ccc(N(C)C)cc2)cc1Cl. The summed E-state index contributed by atoms with van der Waals surface area (Å²) in [6.45, 7) is 0.00184. The topological polar surface area (TPSA) is 117 Å². The number of carboxylic acid groups (broad SMARTS) is 1. The number of ether oxygens (including phenoxy) is 2. The van der Waals surface area contributed by atoms with Gasteiger partial charge in [0.15, 0.2) is 0 Å². The summed E-state index contributed by atoms with van der Waals surface area (Å²) in [6.07, 6.45) is 0. The van der Waals surface area contributed by atoms with Gasteiger partial charge in [-0.2, -0.15) is 0 Å². The summed E-state index contributed by atoms with van der Waals surface area (Å²) in [7, 11) is 6.62. The van der Waals surface area contributed by atoms with E-state index in [4.69, 9.17) is 21.1 Å². The zero-order chi connectivity index (χ0) is 28.4. The first kappa shape index (κ1) is 27.5. The lowest BCUT2D eigenvalue weighted by molar-refractivity contribution is -0.140. The van der Waals surface area contributed by atoms with Crippen LogP contribution in [0.3, 0.4) is 0 Å². The van der Waals surface area contributed by atoms with E-state index in [1.165, 1.54) is 43.4 Å². The number of aliphatic hydroxyl groups is 1. The molecule has 3 aromatic carbocycles. The van der Waals surface area contributed by atoms with Crippen molar-refractivity contribution in [3.8, 4) is 11.5 Å². The maximum Gasteiger partial charge on any atom is 0.335 e. The molecule has 1 atom stereocenters. The van der Waals surface area contributed by atoms with E-state index in [0.29, 0.717) is 16.9 Å². The average molecular weight is 551 g/mol. The van der Waals surface area contributed by atoms with E-state index < -0.39 is 29.5 Å². The van der Waals surface area contributed by atoms with E-state index >= 15 is 0 Å². The van der Waals surface area contributed by atoms with Crippen LogP contribution in [0, 0.1) is 0 Å². The number of nitrogens with zero attached hydrogens (tertiary/aromatic N) is 2. The van der Waals surface area contributed by atoms with Crippen molar-refractivity contribution in [3.05, 3.63) is 93.5 Å². The van der Waals surface area contributed by atoms with Crippen molar-refractivity contribution in [2.45, 2.75) is 12.6 Å². The highest BCUT2D eigenvalue weighted by Crippen LogP contribution is 2.43. The second-order valence-corrected chi connectivity index (χ2v) is 9.51. The number of hydrogen-bond acceptors (Lipinski definition) is 7. The Kier molecular flexibility index (Phi) is 7.83. The summed E-state index contributed by atoms with van der Waals surface area (Å²) in [4.78, 5) is 41.3. The molecule has 0 saturated carbocycles. The van der Waals surface area contributed by atoms with E-state index in [-0.39, 0.29) is 34.0 Å². The monoisotopic (exact) mass is 550 g/mol. The number of methoxy groups -OCH3 is 2. The number of Topliss-reactive ketones (excluding diaryl/α,β-unsaturated/α-hetero) is 1. The highest BCUT2D eigenvalue weighted by Gasteiger charge is 2.46. The Balaban J connectivity index is 1.88. The average Bonchev–Trinajstić information content (AvgIpc) is 3.17. The van der Waals surface area contributed by atoms with Gasteiger partial charge in [-0.05, 0) is 41.5 Å². The van der Waals surface area contributed by atoms with Crippen molar-refractivity contribution in [1.29, 1.82) is 0 Å². The van der Waals surface area contributed by atoms with Gasteiger partial charge in [0, 0.05) is 32.4 Å². The van der Waals surface area contributed by atoms with Gasteiger partial charge in [-0.15, -0.1) is 0 Å². The number of halogens is 1. The molecule has 1 heterocycles. The highest BCUT2D eigenvalue weighted by molar-refractivity contribution is 6.46. The summed E-state index contributed by atoms with van der Waals surface area (Å²) in [5.74, 6) is -2.68. The summed E-state index contributed by atoms with van der Waals surface area (Å²) in [6, 6.07) is 15.3. The minimum Gasteiger partial charge on any atom is -0.507 e. The summed E-state index contributed by atoms with van der Waals surface area (Å²) in [5, 5.41) is 20.9. The van der Waals surface area contributed by atoms with Crippen molar-refractivity contribution in [2.24, 2.45) is 0 Å². The van der Waals surface area contributed by atoms with Crippen molar-refractivity contribution in [1.82, 2.24) is 4.90 Å². The van der Waals surface area contributed by atoms with Gasteiger partial charge in [0.05, 0.1) is 42.0 Å². The molecule has 4 rings (SSSR count). The second-order valence-electron chi connectivity index (χ2n) is 9.10. The molecule has 1 amide bonds. The Bertz CT molecular complexity index is 1460. The lowest BCUT2D eigenvalue weighted by Gasteiger charge is -2.26. The molecular formula is C29H27ClN2O7. The van der Waals surface area contributed by atoms with E-state index in [2.05, 4.69) is 0 Å². The number of anilines is 1. The summed E-state index contributed by atoms with van der Waals surface area (Å²) < 4.78 is 10.7. The highest BCUT2D eigenvalue weighted by atomic mass is 35.5. The number of benzene rings is 3. The minimum atomic E-state index is -1.07. The standard InChI is InChI=1S/C29H27ClN2O7/c1-31(2)19-11-9-17(10-12-19)25-24(26(33)20-13-21(30)23(39-4)14-22(20)38-3)27(34)28(35)32(25)15-16-5-7-18(8-6-16)29(36)37/h5-14,25,33H,15H2,1-4H3,(H,36,37)/b26-24+. The van der Waals surface area contributed by atoms with Gasteiger partial charge in [0.25, 0.3) is 11.7 Å². The molecule has 0 bridgehead atoms. The molecule has 1 aliphatic heterocycles. The number of likely N-dealkylation sites (tertiary alicyclic amines) is 1. The van der Waals surface area contributed by atoms with E-state index in [9.17, 15) is 24.6 Å². The number of aromatic carboxylic acids is 1. The van der Waals surface area contributed by atoms with E-state index in [0.717, 1.165) is 5.69 Å². The van der Waals surface area contributed by atoms with Gasteiger partial charge in [-0.25, -0.2) is 4.79 Å². The zero-order valence-electron chi connectivity index (χ0n) is 21.8. The molecule has 0 spiro atoms. The molecule has 0 aromatic heterocycles. The van der Waals surface area contributed by atoms with Gasteiger partial charge in [-0.3, -0.25) is 9.59 Å². The van der Waals surface area contributed by atoms with Gasteiger partial charge in [0.2, 0.25) is 0 Å². The van der Waals surface area contributed by atoms with Crippen molar-refractivity contribution >= 4 is 40.7 Å². The third-order valence-electron chi connectivity index (χ3n) is 6.55. The number of carboxylic acids is 1. The lowest BCUT2D eigenvalue weighted by Crippen LogP contribution is -2.29. The number of hydrogen-bond donors (Lipinski definition) is 2. The van der Waals surface area contributed by atoms with Crippen LogP contribution in [-0.2, 0) is 16.1 Å². The zero-order valence-corrected chi connectivity index (χ0v) is 22.5. The number of aliphatic hydroxyl groups excluding tert-OH is 1. The molecule has 9 nitrogen and oxygen atoms in total.